The van der Waals surface area contributed by atoms with Crippen molar-refractivity contribution >= 4 is 17.5 Å². The van der Waals surface area contributed by atoms with Gasteiger partial charge in [0.05, 0.1) is 12.0 Å². The van der Waals surface area contributed by atoms with Crippen molar-refractivity contribution in [2.45, 2.75) is 24.9 Å². The highest BCUT2D eigenvalue weighted by Crippen LogP contribution is 2.51. The van der Waals surface area contributed by atoms with Crippen LogP contribution in [-0.4, -0.2) is 42.7 Å². The normalized spacial score (nSPS) is 15.0. The maximum Gasteiger partial charge on any atom is 0.253 e. The molecule has 1 heterocycles. The Morgan fingerprint density at radius 3 is 2.41 bits per heavy atom. The first-order valence-corrected chi connectivity index (χ1v) is 11.2. The molecule has 0 bridgehead atoms. The van der Waals surface area contributed by atoms with Crippen LogP contribution in [0, 0.1) is 0 Å². The highest BCUT2D eigenvalue weighted by atomic mass is 16.7. The van der Waals surface area contributed by atoms with Gasteiger partial charge in [-0.1, -0.05) is 24.3 Å². The van der Waals surface area contributed by atoms with Crippen molar-refractivity contribution < 1.29 is 25.6 Å². The highest BCUT2D eigenvalue weighted by molar-refractivity contribution is 6.02. The third-order valence-corrected chi connectivity index (χ3v) is 6.50. The van der Waals surface area contributed by atoms with Crippen molar-refractivity contribution in [3.8, 4) is 22.6 Å². The Morgan fingerprint density at radius 1 is 1.00 bits per heavy atom. The molecule has 3 aromatic carbocycles. The molecular weight excluding hydrogens is 432 g/mol. The summed E-state index contributed by atoms with van der Waals surface area (Å²) in [5, 5.41) is 12.9. The van der Waals surface area contributed by atoms with E-state index >= 15 is 0 Å². The Labute approximate surface area is 199 Å². The van der Waals surface area contributed by atoms with Crippen LogP contribution in [0.1, 0.15) is 35.8 Å². The number of fused-ring (bicyclic) bond motifs is 1. The molecule has 2 amide bonds. The zero-order valence-corrected chi connectivity index (χ0v) is 19.1. The number of benzene rings is 3. The summed E-state index contributed by atoms with van der Waals surface area (Å²) < 4.78 is 10.9. The van der Waals surface area contributed by atoms with Crippen LogP contribution in [0.15, 0.2) is 60.7 Å². The quantitative estimate of drug-likeness (QED) is 0.576. The third kappa shape index (κ3) is 3.88. The fourth-order valence-corrected chi connectivity index (χ4v) is 4.33. The number of aliphatic hydroxyl groups is 1. The average Bonchev–Trinajstić information content (AvgIpc) is 3.54. The number of amides is 2. The monoisotopic (exact) mass is 460 g/mol. The van der Waals surface area contributed by atoms with Gasteiger partial charge in [0.15, 0.2) is 11.5 Å². The smallest absolute Gasteiger partial charge is 0.253 e. The summed E-state index contributed by atoms with van der Waals surface area (Å²) in [6.07, 6.45) is 1.53. The lowest BCUT2D eigenvalue weighted by molar-refractivity contribution is -0.118. The van der Waals surface area contributed by atoms with Gasteiger partial charge in [-0.2, -0.15) is 0 Å². The van der Waals surface area contributed by atoms with Crippen molar-refractivity contribution in [1.29, 1.82) is 0 Å². The molecule has 2 aliphatic rings. The summed E-state index contributed by atoms with van der Waals surface area (Å²) in [5.41, 5.74) is 3.97. The summed E-state index contributed by atoms with van der Waals surface area (Å²) in [7, 11) is 3.42. The SMILES string of the molecule is CN(C)C(=O)c1ccc(-c2cc(NC(=O)C3(c4ccc5c(c4)OCO5)CC3)ccc2CO)cc1.[HH]. The number of nitrogens with zero attached hydrogens (tertiary/aromatic N) is 1. The topological polar surface area (TPSA) is 88.1 Å². The molecule has 1 saturated carbocycles. The lowest BCUT2D eigenvalue weighted by Crippen LogP contribution is -2.27. The van der Waals surface area contributed by atoms with Crippen LogP contribution in [0.2, 0.25) is 0 Å². The number of carbonyl (C=O) groups is 2. The first-order valence-electron chi connectivity index (χ1n) is 11.2. The minimum Gasteiger partial charge on any atom is -0.454 e. The summed E-state index contributed by atoms with van der Waals surface area (Å²) in [6.45, 7) is 0.0608. The van der Waals surface area contributed by atoms with Crippen LogP contribution in [0.25, 0.3) is 11.1 Å². The van der Waals surface area contributed by atoms with Crippen LogP contribution in [0.4, 0.5) is 5.69 Å². The molecule has 0 atom stereocenters. The Kier molecular flexibility index (Phi) is 5.49. The van der Waals surface area contributed by atoms with Gasteiger partial charge in [0.25, 0.3) is 5.91 Å². The van der Waals surface area contributed by atoms with Gasteiger partial charge >= 0.3 is 0 Å². The number of nitrogens with one attached hydrogen (secondary N) is 1. The summed E-state index contributed by atoms with van der Waals surface area (Å²) >= 11 is 0. The van der Waals surface area contributed by atoms with Crippen molar-refractivity contribution in [2.75, 3.05) is 26.2 Å². The maximum absolute atomic E-state index is 13.3. The molecule has 7 heteroatoms. The van der Waals surface area contributed by atoms with Gasteiger partial charge in [-0.05, 0) is 71.5 Å². The second-order valence-corrected chi connectivity index (χ2v) is 8.91. The second-order valence-electron chi connectivity index (χ2n) is 8.91. The first-order chi connectivity index (χ1) is 16.4. The van der Waals surface area contributed by atoms with E-state index in [0.29, 0.717) is 22.7 Å². The number of carbonyl (C=O) groups excluding carboxylic acids is 2. The lowest BCUT2D eigenvalue weighted by atomic mass is 9.94. The number of aliphatic hydroxyl groups excluding tert-OH is 1. The van der Waals surface area contributed by atoms with E-state index in [1.165, 1.54) is 4.90 Å². The van der Waals surface area contributed by atoms with Crippen LogP contribution in [-0.2, 0) is 16.8 Å². The van der Waals surface area contributed by atoms with Gasteiger partial charge in [0.2, 0.25) is 12.7 Å². The predicted molar refractivity (Wildman–Crippen MR) is 130 cm³/mol. The van der Waals surface area contributed by atoms with E-state index in [9.17, 15) is 14.7 Å². The van der Waals surface area contributed by atoms with Crippen molar-refractivity contribution in [2.24, 2.45) is 0 Å². The van der Waals surface area contributed by atoms with E-state index in [1.54, 1.807) is 32.3 Å². The summed E-state index contributed by atoms with van der Waals surface area (Å²) in [6, 6.07) is 18.4. The fraction of sp³-hybridized carbons (Fsp3) is 0.259. The molecule has 0 unspecified atom stereocenters. The van der Waals surface area contributed by atoms with Gasteiger partial charge in [0.1, 0.15) is 0 Å². The van der Waals surface area contributed by atoms with Crippen LogP contribution in [0.5, 0.6) is 11.5 Å². The molecule has 5 rings (SSSR count). The Morgan fingerprint density at radius 2 is 1.74 bits per heavy atom. The average molecular weight is 461 g/mol. The zero-order valence-electron chi connectivity index (χ0n) is 19.1. The van der Waals surface area contributed by atoms with Crippen LogP contribution in [0.3, 0.4) is 0 Å². The number of ether oxygens (including phenoxy) is 2. The molecule has 1 aliphatic carbocycles. The molecular formula is C27H28N2O5. The molecule has 1 aliphatic heterocycles. The maximum atomic E-state index is 13.3. The summed E-state index contributed by atoms with van der Waals surface area (Å²) in [5.74, 6) is 1.22. The molecule has 2 N–H and O–H groups in total. The fourth-order valence-electron chi connectivity index (χ4n) is 4.33. The molecule has 34 heavy (non-hydrogen) atoms. The minimum absolute atomic E-state index is 0. The van der Waals surface area contributed by atoms with E-state index in [-0.39, 0.29) is 26.6 Å². The van der Waals surface area contributed by atoms with Gasteiger partial charge in [-0.15, -0.1) is 0 Å². The minimum atomic E-state index is -0.578. The van der Waals surface area contributed by atoms with E-state index in [0.717, 1.165) is 35.1 Å². The van der Waals surface area contributed by atoms with Crippen molar-refractivity contribution in [3.63, 3.8) is 0 Å². The number of anilines is 1. The molecule has 7 nitrogen and oxygen atoms in total. The third-order valence-electron chi connectivity index (χ3n) is 6.50. The molecule has 0 spiro atoms. The van der Waals surface area contributed by atoms with E-state index in [2.05, 4.69) is 5.32 Å². The van der Waals surface area contributed by atoms with Crippen molar-refractivity contribution in [1.82, 2.24) is 4.90 Å². The Bertz CT molecular complexity index is 1270. The number of hydrogen-bond donors (Lipinski definition) is 2. The van der Waals surface area contributed by atoms with Gasteiger partial charge in [-0.25, -0.2) is 0 Å². The number of hydrogen-bond acceptors (Lipinski definition) is 5. The van der Waals surface area contributed by atoms with Gasteiger partial charge in [-0.3, -0.25) is 9.59 Å². The van der Waals surface area contributed by atoms with E-state index < -0.39 is 5.41 Å². The largest absolute Gasteiger partial charge is 0.454 e. The number of rotatable bonds is 6. The van der Waals surface area contributed by atoms with E-state index in [1.807, 2.05) is 42.5 Å². The van der Waals surface area contributed by atoms with Crippen molar-refractivity contribution in [3.05, 3.63) is 77.4 Å². The van der Waals surface area contributed by atoms with Crippen LogP contribution >= 0.6 is 0 Å². The predicted octanol–water partition coefficient (Wildman–Crippen LogP) is 4.19. The molecule has 3 aromatic rings. The molecule has 176 valence electrons. The molecule has 0 saturated heterocycles. The zero-order chi connectivity index (χ0) is 23.9. The Hall–Kier alpha value is -3.84. The van der Waals surface area contributed by atoms with E-state index in [4.69, 9.17) is 9.47 Å². The van der Waals surface area contributed by atoms with Gasteiger partial charge in [0, 0.05) is 26.8 Å². The standard InChI is InChI=1S/C27H26N2O5.H2/c1-29(2)25(31)18-5-3-17(4-6-18)22-14-21(9-7-19(22)15-30)28-26(32)27(11-12-27)20-8-10-23-24(13-20)34-16-33-23;/h3-10,13-14,30H,11-12,15-16H2,1-2H3,(H,28,32);1H. The molecule has 0 aromatic heterocycles. The summed E-state index contributed by atoms with van der Waals surface area (Å²) in [4.78, 5) is 27.0. The molecule has 0 radical (unpaired) electrons. The lowest BCUT2D eigenvalue weighted by Gasteiger charge is -2.18. The second kappa shape index (κ2) is 8.50. The van der Waals surface area contributed by atoms with Crippen LogP contribution < -0.4 is 14.8 Å². The van der Waals surface area contributed by atoms with Gasteiger partial charge < -0.3 is 24.8 Å². The highest BCUT2D eigenvalue weighted by Gasteiger charge is 2.51. The first kappa shape index (κ1) is 22.0. The molecule has 1 fully saturated rings. The Balaban J connectivity index is 0.00000289.